The number of benzene rings is 2. The van der Waals surface area contributed by atoms with E-state index < -0.39 is 6.04 Å². The van der Waals surface area contributed by atoms with Gasteiger partial charge in [-0.2, -0.15) is 0 Å². The first-order valence-electron chi connectivity index (χ1n) is 11.1. The molecule has 1 N–H and O–H groups in total. The highest BCUT2D eigenvalue weighted by molar-refractivity contribution is 5.89. The number of hydrogen-bond acceptors (Lipinski definition) is 7. The molecule has 10 nitrogen and oxygen atoms in total. The van der Waals surface area contributed by atoms with Crippen LogP contribution in [0, 0.1) is 0 Å². The van der Waals surface area contributed by atoms with Crippen LogP contribution < -0.4 is 10.1 Å². The first kappa shape index (κ1) is 24.0. The van der Waals surface area contributed by atoms with Gasteiger partial charge >= 0.3 is 0 Å². The summed E-state index contributed by atoms with van der Waals surface area (Å²) in [5.74, 6) is 0.533. The van der Waals surface area contributed by atoms with Crippen molar-refractivity contribution in [1.29, 1.82) is 0 Å². The zero-order chi connectivity index (χ0) is 24.6. The number of furan rings is 1. The fourth-order valence-electron chi connectivity index (χ4n) is 3.78. The standard InChI is InChI=1S/C25H27N5O5/c1-33-15-13-26-25(32)24(18-9-11-19(34-2)12-10-18)29(16-20-6-5-14-35-20)23(31)17-30-22-8-4-3-7-21(22)27-28-30/h3-12,14,24H,13,15-17H2,1-2H3,(H,26,32)/t24-/m0/s1. The number of ether oxygens (including phenoxy) is 2. The van der Waals surface area contributed by atoms with E-state index in [0.717, 1.165) is 5.52 Å². The molecule has 0 spiro atoms. The van der Waals surface area contributed by atoms with Crippen LogP contribution in [-0.4, -0.2) is 59.1 Å². The van der Waals surface area contributed by atoms with E-state index in [4.69, 9.17) is 13.9 Å². The number of nitrogens with one attached hydrogen (secondary N) is 1. The lowest BCUT2D eigenvalue weighted by atomic mass is 10.0. The Balaban J connectivity index is 1.69. The SMILES string of the molecule is COCCNC(=O)[C@H](c1ccc(OC)cc1)N(Cc1ccco1)C(=O)Cn1nnc2ccccc21. The molecular weight excluding hydrogens is 450 g/mol. The van der Waals surface area contributed by atoms with Crippen LogP contribution in [0.5, 0.6) is 5.75 Å². The minimum atomic E-state index is -0.926. The summed E-state index contributed by atoms with van der Waals surface area (Å²) in [6.07, 6.45) is 1.53. The van der Waals surface area contributed by atoms with Crippen LogP contribution in [0.4, 0.5) is 0 Å². The summed E-state index contributed by atoms with van der Waals surface area (Å²) in [5.41, 5.74) is 2.04. The molecule has 0 aliphatic heterocycles. The van der Waals surface area contributed by atoms with Crippen molar-refractivity contribution in [2.45, 2.75) is 19.1 Å². The van der Waals surface area contributed by atoms with Crippen LogP contribution in [0.3, 0.4) is 0 Å². The fraction of sp³-hybridized carbons (Fsp3) is 0.280. The van der Waals surface area contributed by atoms with Gasteiger partial charge in [-0.15, -0.1) is 5.10 Å². The van der Waals surface area contributed by atoms with Gasteiger partial charge in [0, 0.05) is 13.7 Å². The molecule has 0 aliphatic carbocycles. The molecule has 1 atom stereocenters. The van der Waals surface area contributed by atoms with E-state index in [-0.39, 0.29) is 24.9 Å². The van der Waals surface area contributed by atoms with Crippen LogP contribution in [0.2, 0.25) is 0 Å². The third kappa shape index (κ3) is 5.67. The van der Waals surface area contributed by atoms with Crippen LogP contribution in [0.15, 0.2) is 71.3 Å². The maximum Gasteiger partial charge on any atom is 0.247 e. The summed E-state index contributed by atoms with van der Waals surface area (Å²) >= 11 is 0. The Morgan fingerprint density at radius 3 is 2.60 bits per heavy atom. The van der Waals surface area contributed by atoms with E-state index in [2.05, 4.69) is 15.6 Å². The van der Waals surface area contributed by atoms with Crippen molar-refractivity contribution in [3.05, 3.63) is 78.3 Å². The molecule has 2 aromatic heterocycles. The van der Waals surface area contributed by atoms with Gasteiger partial charge in [0.05, 0.1) is 32.0 Å². The summed E-state index contributed by atoms with van der Waals surface area (Å²) < 4.78 is 17.4. The van der Waals surface area contributed by atoms with Crippen LogP contribution in [0.1, 0.15) is 17.4 Å². The lowest BCUT2D eigenvalue weighted by molar-refractivity contribution is -0.142. The third-order valence-corrected chi connectivity index (χ3v) is 5.53. The van der Waals surface area contributed by atoms with Gasteiger partial charge in [-0.05, 0) is 42.0 Å². The van der Waals surface area contributed by atoms with E-state index in [1.165, 1.54) is 15.8 Å². The van der Waals surface area contributed by atoms with Gasteiger partial charge < -0.3 is 24.1 Å². The Morgan fingerprint density at radius 2 is 1.89 bits per heavy atom. The number of carbonyl (C=O) groups is 2. The normalized spacial score (nSPS) is 11.8. The predicted molar refractivity (Wildman–Crippen MR) is 127 cm³/mol. The van der Waals surface area contributed by atoms with Crippen LogP contribution >= 0.6 is 0 Å². The highest BCUT2D eigenvalue weighted by Crippen LogP contribution is 2.26. The number of aromatic nitrogens is 3. The molecule has 0 saturated heterocycles. The molecular formula is C25H27N5O5. The number of para-hydroxylation sites is 1. The molecule has 10 heteroatoms. The zero-order valence-corrected chi connectivity index (χ0v) is 19.6. The van der Waals surface area contributed by atoms with Gasteiger partial charge in [0.1, 0.15) is 29.6 Å². The molecule has 0 unspecified atom stereocenters. The first-order valence-corrected chi connectivity index (χ1v) is 11.1. The van der Waals surface area contributed by atoms with Crippen molar-refractivity contribution >= 4 is 22.8 Å². The highest BCUT2D eigenvalue weighted by atomic mass is 16.5. The molecule has 2 aromatic carbocycles. The Hall–Kier alpha value is -4.18. The molecule has 0 bridgehead atoms. The van der Waals surface area contributed by atoms with Crippen molar-refractivity contribution in [2.75, 3.05) is 27.4 Å². The summed E-state index contributed by atoms with van der Waals surface area (Å²) in [7, 11) is 3.13. The van der Waals surface area contributed by atoms with Crippen LogP contribution in [-0.2, 0) is 27.4 Å². The van der Waals surface area contributed by atoms with Gasteiger partial charge in [0.2, 0.25) is 11.8 Å². The second-order valence-electron chi connectivity index (χ2n) is 7.80. The van der Waals surface area contributed by atoms with Crippen molar-refractivity contribution in [3.63, 3.8) is 0 Å². The average molecular weight is 478 g/mol. The maximum absolute atomic E-state index is 13.7. The number of fused-ring (bicyclic) bond motifs is 1. The molecule has 0 saturated carbocycles. The fourth-order valence-corrected chi connectivity index (χ4v) is 3.78. The molecule has 0 radical (unpaired) electrons. The second-order valence-corrected chi connectivity index (χ2v) is 7.80. The molecule has 2 amide bonds. The summed E-state index contributed by atoms with van der Waals surface area (Å²) in [4.78, 5) is 28.6. The van der Waals surface area contributed by atoms with E-state index in [9.17, 15) is 9.59 Å². The maximum atomic E-state index is 13.7. The highest BCUT2D eigenvalue weighted by Gasteiger charge is 2.32. The molecule has 0 fully saturated rings. The van der Waals surface area contributed by atoms with E-state index in [1.807, 2.05) is 24.3 Å². The average Bonchev–Trinajstić information content (AvgIpc) is 3.54. The van der Waals surface area contributed by atoms with E-state index >= 15 is 0 Å². The topological polar surface area (TPSA) is 112 Å². The molecule has 182 valence electrons. The molecule has 2 heterocycles. The number of carbonyl (C=O) groups excluding carboxylic acids is 2. The monoisotopic (exact) mass is 477 g/mol. The Labute approximate surface area is 202 Å². The second kappa shape index (κ2) is 11.3. The molecule has 35 heavy (non-hydrogen) atoms. The van der Waals surface area contributed by atoms with Gasteiger partial charge in [0.15, 0.2) is 0 Å². The largest absolute Gasteiger partial charge is 0.497 e. The third-order valence-electron chi connectivity index (χ3n) is 5.53. The Bertz CT molecular complexity index is 1250. The minimum Gasteiger partial charge on any atom is -0.497 e. The lowest BCUT2D eigenvalue weighted by Crippen LogP contribution is -2.45. The van der Waals surface area contributed by atoms with E-state index in [1.54, 1.807) is 50.6 Å². The number of amides is 2. The lowest BCUT2D eigenvalue weighted by Gasteiger charge is -2.31. The summed E-state index contributed by atoms with van der Waals surface area (Å²) in [5, 5.41) is 11.1. The van der Waals surface area contributed by atoms with Gasteiger partial charge in [-0.1, -0.05) is 29.5 Å². The van der Waals surface area contributed by atoms with Crippen molar-refractivity contribution in [2.24, 2.45) is 0 Å². The van der Waals surface area contributed by atoms with Gasteiger partial charge in [0.25, 0.3) is 0 Å². The van der Waals surface area contributed by atoms with Gasteiger partial charge in [-0.3, -0.25) is 9.59 Å². The number of methoxy groups -OCH3 is 2. The quantitative estimate of drug-likeness (QED) is 0.331. The first-order chi connectivity index (χ1) is 17.1. The molecule has 4 rings (SSSR count). The summed E-state index contributed by atoms with van der Waals surface area (Å²) in [6.45, 7) is 0.642. The minimum absolute atomic E-state index is 0.0901. The predicted octanol–water partition coefficient (Wildman–Crippen LogP) is 2.57. The number of hydrogen-bond donors (Lipinski definition) is 1. The smallest absolute Gasteiger partial charge is 0.247 e. The van der Waals surface area contributed by atoms with Crippen molar-refractivity contribution in [1.82, 2.24) is 25.2 Å². The summed E-state index contributed by atoms with van der Waals surface area (Å²) in [6, 6.07) is 17.0. The molecule has 0 aliphatic rings. The van der Waals surface area contributed by atoms with Crippen molar-refractivity contribution < 1.29 is 23.5 Å². The number of rotatable bonds is 11. The van der Waals surface area contributed by atoms with Crippen LogP contribution in [0.25, 0.3) is 11.0 Å². The zero-order valence-electron chi connectivity index (χ0n) is 19.6. The Kier molecular flexibility index (Phi) is 7.74. The number of nitrogens with zero attached hydrogens (tertiary/aromatic N) is 4. The molecule has 4 aromatic rings. The van der Waals surface area contributed by atoms with Crippen molar-refractivity contribution in [3.8, 4) is 5.75 Å². The van der Waals surface area contributed by atoms with Gasteiger partial charge in [-0.25, -0.2) is 4.68 Å². The Morgan fingerprint density at radius 1 is 1.09 bits per heavy atom. The van der Waals surface area contributed by atoms with E-state index in [0.29, 0.717) is 35.7 Å².